The first kappa shape index (κ1) is 16.7. The van der Waals surface area contributed by atoms with Crippen LogP contribution in [0.1, 0.15) is 6.92 Å². The smallest absolute Gasteiger partial charge is 0.481 e. The van der Waals surface area contributed by atoms with E-state index in [-0.39, 0.29) is 35.3 Å². The second kappa shape index (κ2) is 9.82. The van der Waals surface area contributed by atoms with Crippen molar-refractivity contribution >= 4 is 5.97 Å². The minimum absolute atomic E-state index is 0. The molecule has 0 spiro atoms. The number of nitrogens with zero attached hydrogens (tertiary/aromatic N) is 1. The summed E-state index contributed by atoms with van der Waals surface area (Å²) in [6.07, 6.45) is 3.68. The monoisotopic (exact) mass is 227 g/mol. The number of hydrogen-bond donors (Lipinski definition) is 1. The minimum Gasteiger partial charge on any atom is -0.481 e. The van der Waals surface area contributed by atoms with Crippen molar-refractivity contribution in [2.45, 2.75) is 13.5 Å². The summed E-state index contributed by atoms with van der Waals surface area (Å²) < 4.78 is 26.9. The van der Waals surface area contributed by atoms with E-state index >= 15 is 0 Å². The van der Waals surface area contributed by atoms with Crippen LogP contribution < -0.4 is 34.3 Å². The zero-order valence-corrected chi connectivity index (χ0v) is 10.3. The first-order chi connectivity index (χ1) is 6.52. The third-order valence-electron chi connectivity index (χ3n) is 0.799. The molecule has 0 aliphatic rings. The molecule has 1 heterocycles. The van der Waals surface area contributed by atoms with Crippen molar-refractivity contribution in [2.75, 3.05) is 0 Å². The Morgan fingerprint density at radius 1 is 1.67 bits per heavy atom. The van der Waals surface area contributed by atoms with Crippen LogP contribution in [-0.2, 0) is 4.79 Å². The Kier molecular flexibility index (Phi) is 10.9. The maximum atomic E-state index is 11.5. The molecule has 1 rings (SSSR count). The van der Waals surface area contributed by atoms with Gasteiger partial charge in [-0.05, 0) is 6.20 Å². The Labute approximate surface area is 108 Å². The largest absolute Gasteiger partial charge is 1.00 e. The van der Waals surface area contributed by atoms with E-state index in [1.165, 1.54) is 18.3 Å². The molecule has 0 saturated carbocycles. The molecule has 0 aliphatic carbocycles. The summed E-state index contributed by atoms with van der Waals surface area (Å²) in [5, 5.41) is 7.42. The van der Waals surface area contributed by atoms with Gasteiger partial charge in [0.15, 0.2) is 0 Å². The summed E-state index contributed by atoms with van der Waals surface area (Å²) >= 11 is 0. The average Bonchev–Trinajstić information content (AvgIpc) is 2.03. The van der Waals surface area contributed by atoms with Crippen molar-refractivity contribution in [1.29, 1.82) is 0 Å². The number of carboxylic acids is 1. The predicted octanol–water partition coefficient (Wildman–Crippen LogP) is -1.42. The van der Waals surface area contributed by atoms with E-state index < -0.39 is 12.6 Å². The van der Waals surface area contributed by atoms with Crippen LogP contribution in [0.3, 0.4) is 0 Å². The Bertz CT molecular complexity index is 268. The fraction of sp³-hybridized carbons (Fsp3) is 0.250. The number of halogens is 2. The molecule has 4 nitrogen and oxygen atoms in total. The van der Waals surface area contributed by atoms with Crippen LogP contribution in [0.25, 0.3) is 0 Å². The van der Waals surface area contributed by atoms with Crippen LogP contribution in [-0.4, -0.2) is 22.7 Å². The third kappa shape index (κ3) is 13.3. The summed E-state index contributed by atoms with van der Waals surface area (Å²) in [4.78, 5) is 12.5. The first-order valence-electron chi connectivity index (χ1n) is 3.49. The van der Waals surface area contributed by atoms with Gasteiger partial charge in [-0.2, -0.15) is 14.8 Å². The van der Waals surface area contributed by atoms with Crippen LogP contribution in [0.15, 0.2) is 18.3 Å². The summed E-state index contributed by atoms with van der Waals surface area (Å²) in [6, 6.07) is 2.85. The van der Waals surface area contributed by atoms with Crippen LogP contribution in [0, 0.1) is 6.20 Å². The van der Waals surface area contributed by atoms with Gasteiger partial charge in [0.05, 0.1) is 0 Å². The van der Waals surface area contributed by atoms with Crippen molar-refractivity contribution in [3.8, 4) is 5.75 Å². The molecular formula is C8H8F2NNaO3. The molecule has 0 atom stereocenters. The standard InChI is InChI=1S/C6H4F2NO.C2H4O2.Na/c7-6(8)10-5-2-1-3-9-4-5;1-2(3)4;/h1-3,6H;1H3,(H,3,4);/q-1;;+1. The summed E-state index contributed by atoms with van der Waals surface area (Å²) in [7, 11) is 0. The molecule has 0 fully saturated rings. The number of alkyl halides is 2. The first-order valence-corrected chi connectivity index (χ1v) is 3.49. The van der Waals surface area contributed by atoms with Gasteiger partial charge < -0.3 is 14.8 Å². The molecule has 0 unspecified atom stereocenters. The summed E-state index contributed by atoms with van der Waals surface area (Å²) in [6.45, 7) is -1.72. The average molecular weight is 227 g/mol. The van der Waals surface area contributed by atoms with Crippen LogP contribution in [0.4, 0.5) is 8.78 Å². The predicted molar refractivity (Wildman–Crippen MR) is 43.0 cm³/mol. The number of hydrogen-bond acceptors (Lipinski definition) is 3. The molecule has 0 bridgehead atoms. The Balaban J connectivity index is 0. The van der Waals surface area contributed by atoms with E-state index in [1.807, 2.05) is 0 Å². The quantitative estimate of drug-likeness (QED) is 0.497. The van der Waals surface area contributed by atoms with E-state index in [4.69, 9.17) is 9.90 Å². The Morgan fingerprint density at radius 3 is 2.53 bits per heavy atom. The topological polar surface area (TPSA) is 59.4 Å². The molecule has 0 aliphatic heterocycles. The molecule has 7 heteroatoms. The fourth-order valence-electron chi connectivity index (χ4n) is 0.473. The molecular weight excluding hydrogens is 219 g/mol. The second-order valence-electron chi connectivity index (χ2n) is 2.01. The molecule has 0 amide bonds. The summed E-state index contributed by atoms with van der Waals surface area (Å²) in [5.74, 6) is -0.877. The number of rotatable bonds is 2. The van der Waals surface area contributed by atoms with Gasteiger partial charge in [-0.1, -0.05) is 6.20 Å². The zero-order valence-electron chi connectivity index (χ0n) is 8.28. The molecule has 1 aromatic rings. The molecule has 0 aromatic carbocycles. The fourth-order valence-corrected chi connectivity index (χ4v) is 0.473. The van der Waals surface area contributed by atoms with Gasteiger partial charge in [-0.15, -0.1) is 6.07 Å². The molecule has 0 saturated heterocycles. The van der Waals surface area contributed by atoms with Crippen molar-refractivity contribution in [3.63, 3.8) is 0 Å². The van der Waals surface area contributed by atoms with Gasteiger partial charge in [0.25, 0.3) is 5.97 Å². The van der Waals surface area contributed by atoms with E-state index in [9.17, 15) is 8.78 Å². The molecule has 78 valence electrons. The summed E-state index contributed by atoms with van der Waals surface area (Å²) in [5.41, 5.74) is 0. The normalized spacial score (nSPS) is 8.27. The molecule has 0 radical (unpaired) electrons. The third-order valence-corrected chi connectivity index (χ3v) is 0.799. The van der Waals surface area contributed by atoms with Gasteiger partial charge in [0.2, 0.25) is 0 Å². The van der Waals surface area contributed by atoms with Crippen molar-refractivity contribution in [1.82, 2.24) is 4.98 Å². The number of aromatic nitrogens is 1. The minimum atomic E-state index is -2.81. The van der Waals surface area contributed by atoms with Gasteiger partial charge >= 0.3 is 36.2 Å². The Hall–Kier alpha value is -0.720. The van der Waals surface area contributed by atoms with Crippen molar-refractivity contribution in [2.24, 2.45) is 0 Å². The number of pyridine rings is 1. The van der Waals surface area contributed by atoms with E-state index in [2.05, 4.69) is 15.9 Å². The van der Waals surface area contributed by atoms with Crippen molar-refractivity contribution in [3.05, 3.63) is 24.5 Å². The van der Waals surface area contributed by atoms with Crippen LogP contribution >= 0.6 is 0 Å². The van der Waals surface area contributed by atoms with Gasteiger partial charge in [0, 0.05) is 12.7 Å². The van der Waals surface area contributed by atoms with E-state index in [1.54, 1.807) is 0 Å². The van der Waals surface area contributed by atoms with Crippen LogP contribution in [0.2, 0.25) is 0 Å². The maximum Gasteiger partial charge on any atom is 1.00 e. The molecule has 1 N–H and O–H groups in total. The van der Waals surface area contributed by atoms with E-state index in [0.717, 1.165) is 6.92 Å². The van der Waals surface area contributed by atoms with Crippen molar-refractivity contribution < 1.29 is 53.0 Å². The zero-order chi connectivity index (χ0) is 11.0. The Morgan fingerprint density at radius 2 is 2.20 bits per heavy atom. The van der Waals surface area contributed by atoms with Gasteiger partial charge in [-0.3, -0.25) is 4.79 Å². The SMILES string of the molecule is CC(=O)O.FC(F)Oc1[c-]nccc1.[Na+]. The molecule has 15 heavy (non-hydrogen) atoms. The second-order valence-corrected chi connectivity index (χ2v) is 2.01. The van der Waals surface area contributed by atoms with Gasteiger partial charge in [-0.25, -0.2) is 0 Å². The maximum absolute atomic E-state index is 11.5. The van der Waals surface area contributed by atoms with Gasteiger partial charge in [0.1, 0.15) is 0 Å². The number of aliphatic carboxylic acids is 1. The number of carboxylic acid groups (broad SMARTS) is 1. The number of carbonyl (C=O) groups is 1. The molecule has 1 aromatic heterocycles. The number of ether oxygens (including phenoxy) is 1. The van der Waals surface area contributed by atoms with E-state index in [0.29, 0.717) is 0 Å². The van der Waals surface area contributed by atoms with Crippen LogP contribution in [0.5, 0.6) is 5.75 Å².